The number of benzene rings is 2. The van der Waals surface area contributed by atoms with Gasteiger partial charge in [-0.25, -0.2) is 5.43 Å². The van der Waals surface area contributed by atoms with E-state index in [1.165, 1.54) is 0 Å². The highest BCUT2D eigenvalue weighted by Gasteiger charge is 2.15. The van der Waals surface area contributed by atoms with E-state index in [1.54, 1.807) is 31.3 Å². The standard InChI is InChI=1S/C20H21ClN2O2/c1-14(11-17-7-5-4-6-8-17)13-22-23-20(24)16(3)25-19-10-9-18(21)12-15(19)2/h4-13,16H,1-3H3,(H,23,24). The van der Waals surface area contributed by atoms with E-state index in [0.29, 0.717) is 10.8 Å². The maximum absolute atomic E-state index is 12.1. The van der Waals surface area contributed by atoms with Gasteiger partial charge >= 0.3 is 0 Å². The Morgan fingerprint density at radius 2 is 1.96 bits per heavy atom. The van der Waals surface area contributed by atoms with E-state index >= 15 is 0 Å². The Balaban J connectivity index is 1.89. The van der Waals surface area contributed by atoms with Crippen LogP contribution in [0.5, 0.6) is 5.75 Å². The molecule has 0 aliphatic carbocycles. The number of rotatable bonds is 6. The lowest BCUT2D eigenvalue weighted by atomic mass is 10.1. The number of hydrogen-bond donors (Lipinski definition) is 1. The average molecular weight is 357 g/mol. The molecular formula is C20H21ClN2O2. The van der Waals surface area contributed by atoms with E-state index in [0.717, 1.165) is 16.7 Å². The van der Waals surface area contributed by atoms with Crippen molar-refractivity contribution in [1.82, 2.24) is 5.43 Å². The second-order valence-electron chi connectivity index (χ2n) is 5.70. The molecule has 1 atom stereocenters. The first-order valence-electron chi connectivity index (χ1n) is 7.95. The number of allylic oxidation sites excluding steroid dienone is 1. The number of carbonyl (C=O) groups excluding carboxylic acids is 1. The summed E-state index contributed by atoms with van der Waals surface area (Å²) in [5.41, 5.74) is 5.36. The molecule has 0 aromatic heterocycles. The largest absolute Gasteiger partial charge is 0.481 e. The Morgan fingerprint density at radius 3 is 2.64 bits per heavy atom. The van der Waals surface area contributed by atoms with Crippen molar-refractivity contribution in [3.05, 3.63) is 70.3 Å². The molecule has 0 saturated carbocycles. The Hall–Kier alpha value is -2.59. The molecule has 0 aliphatic heterocycles. The predicted molar refractivity (Wildman–Crippen MR) is 103 cm³/mol. The van der Waals surface area contributed by atoms with Gasteiger partial charge in [0.25, 0.3) is 5.91 Å². The first-order chi connectivity index (χ1) is 12.0. The first-order valence-corrected chi connectivity index (χ1v) is 8.32. The van der Waals surface area contributed by atoms with Crippen LogP contribution in [0.1, 0.15) is 25.0 Å². The van der Waals surface area contributed by atoms with Crippen molar-refractivity contribution in [1.29, 1.82) is 0 Å². The highest BCUT2D eigenvalue weighted by molar-refractivity contribution is 6.30. The third-order valence-electron chi connectivity index (χ3n) is 3.45. The van der Waals surface area contributed by atoms with Gasteiger partial charge in [-0.15, -0.1) is 0 Å². The van der Waals surface area contributed by atoms with Gasteiger partial charge in [0.1, 0.15) is 5.75 Å². The summed E-state index contributed by atoms with van der Waals surface area (Å²) >= 11 is 5.91. The molecule has 0 bridgehead atoms. The van der Waals surface area contributed by atoms with Crippen molar-refractivity contribution in [3.8, 4) is 5.75 Å². The Kier molecular flexibility index (Phi) is 6.78. The fraction of sp³-hybridized carbons (Fsp3) is 0.200. The SMILES string of the molecule is CC(C=NNC(=O)C(C)Oc1ccc(Cl)cc1C)=Cc1ccccc1. The third-order valence-corrected chi connectivity index (χ3v) is 3.68. The molecule has 130 valence electrons. The van der Waals surface area contributed by atoms with E-state index in [-0.39, 0.29) is 5.91 Å². The van der Waals surface area contributed by atoms with Crippen LogP contribution in [-0.4, -0.2) is 18.2 Å². The summed E-state index contributed by atoms with van der Waals surface area (Å²) in [5.74, 6) is 0.300. The van der Waals surface area contributed by atoms with E-state index in [2.05, 4.69) is 10.5 Å². The van der Waals surface area contributed by atoms with Gasteiger partial charge in [-0.2, -0.15) is 5.10 Å². The molecule has 2 rings (SSSR count). The van der Waals surface area contributed by atoms with Crippen LogP contribution in [0.25, 0.3) is 6.08 Å². The number of nitrogens with zero attached hydrogens (tertiary/aromatic N) is 1. The van der Waals surface area contributed by atoms with Crippen LogP contribution in [0.15, 0.2) is 59.2 Å². The van der Waals surface area contributed by atoms with Crippen LogP contribution in [0, 0.1) is 6.92 Å². The lowest BCUT2D eigenvalue weighted by Gasteiger charge is -2.14. The fourth-order valence-corrected chi connectivity index (χ4v) is 2.35. The minimum Gasteiger partial charge on any atom is -0.481 e. The molecule has 4 nitrogen and oxygen atoms in total. The zero-order chi connectivity index (χ0) is 18.2. The third kappa shape index (κ3) is 6.08. The zero-order valence-corrected chi connectivity index (χ0v) is 15.2. The Morgan fingerprint density at radius 1 is 1.24 bits per heavy atom. The monoisotopic (exact) mass is 356 g/mol. The van der Waals surface area contributed by atoms with Crippen LogP contribution in [-0.2, 0) is 4.79 Å². The number of ether oxygens (including phenoxy) is 1. The van der Waals surface area contributed by atoms with Crippen molar-refractivity contribution < 1.29 is 9.53 Å². The molecule has 25 heavy (non-hydrogen) atoms. The second-order valence-corrected chi connectivity index (χ2v) is 6.14. The number of nitrogens with one attached hydrogen (secondary N) is 1. The van der Waals surface area contributed by atoms with Crippen molar-refractivity contribution in [2.24, 2.45) is 5.10 Å². The summed E-state index contributed by atoms with van der Waals surface area (Å²) in [6, 6.07) is 15.2. The molecule has 5 heteroatoms. The van der Waals surface area contributed by atoms with Crippen LogP contribution in [0.2, 0.25) is 5.02 Å². The van der Waals surface area contributed by atoms with Gasteiger partial charge in [0.2, 0.25) is 0 Å². The van der Waals surface area contributed by atoms with Crippen molar-refractivity contribution >= 4 is 29.8 Å². The minimum atomic E-state index is -0.671. The van der Waals surface area contributed by atoms with E-state index < -0.39 is 6.10 Å². The van der Waals surface area contributed by atoms with E-state index in [1.807, 2.05) is 50.3 Å². The van der Waals surface area contributed by atoms with E-state index in [4.69, 9.17) is 16.3 Å². The van der Waals surface area contributed by atoms with Gasteiger partial charge in [-0.1, -0.05) is 48.0 Å². The number of amides is 1. The Bertz CT molecular complexity index is 786. The maximum Gasteiger partial charge on any atom is 0.280 e. The number of hydrogen-bond acceptors (Lipinski definition) is 3. The molecule has 0 radical (unpaired) electrons. The van der Waals surface area contributed by atoms with Gasteiger partial charge in [-0.3, -0.25) is 4.79 Å². The minimum absolute atomic E-state index is 0.321. The van der Waals surface area contributed by atoms with Gasteiger partial charge in [0.05, 0.1) is 6.21 Å². The lowest BCUT2D eigenvalue weighted by molar-refractivity contribution is -0.127. The molecule has 2 aromatic carbocycles. The van der Waals surface area contributed by atoms with Gasteiger partial charge in [0, 0.05) is 5.02 Å². The molecule has 1 unspecified atom stereocenters. The first kappa shape index (κ1) is 18.7. The Labute approximate surface area is 153 Å². The average Bonchev–Trinajstić information content (AvgIpc) is 2.58. The second kappa shape index (κ2) is 9.04. The van der Waals surface area contributed by atoms with Crippen LogP contribution in [0.4, 0.5) is 0 Å². The van der Waals surface area contributed by atoms with Crippen LogP contribution < -0.4 is 10.2 Å². The van der Waals surface area contributed by atoms with Gasteiger partial charge < -0.3 is 4.74 Å². The lowest BCUT2D eigenvalue weighted by Crippen LogP contribution is -2.33. The summed E-state index contributed by atoms with van der Waals surface area (Å²) in [6.45, 7) is 5.47. The molecule has 0 spiro atoms. The van der Waals surface area contributed by atoms with Crippen LogP contribution >= 0.6 is 11.6 Å². The molecule has 0 aliphatic rings. The molecule has 2 aromatic rings. The molecule has 1 N–H and O–H groups in total. The van der Waals surface area contributed by atoms with Crippen LogP contribution in [0.3, 0.4) is 0 Å². The van der Waals surface area contributed by atoms with Gasteiger partial charge in [0.15, 0.2) is 6.10 Å². The summed E-state index contributed by atoms with van der Waals surface area (Å²) < 4.78 is 5.66. The topological polar surface area (TPSA) is 50.7 Å². The quantitative estimate of drug-likeness (QED) is 0.606. The molecule has 0 saturated heterocycles. The summed E-state index contributed by atoms with van der Waals surface area (Å²) in [5, 5.41) is 4.60. The summed E-state index contributed by atoms with van der Waals surface area (Å²) in [4.78, 5) is 12.1. The van der Waals surface area contributed by atoms with Gasteiger partial charge in [-0.05, 0) is 55.7 Å². The summed E-state index contributed by atoms with van der Waals surface area (Å²) in [7, 11) is 0. The summed E-state index contributed by atoms with van der Waals surface area (Å²) in [6.07, 6.45) is 2.91. The fourth-order valence-electron chi connectivity index (χ4n) is 2.13. The smallest absolute Gasteiger partial charge is 0.280 e. The zero-order valence-electron chi connectivity index (χ0n) is 14.5. The molecule has 0 fully saturated rings. The normalized spacial score (nSPS) is 12.9. The van der Waals surface area contributed by atoms with Crippen molar-refractivity contribution in [2.75, 3.05) is 0 Å². The number of carbonyl (C=O) groups is 1. The number of hydrazone groups is 1. The van der Waals surface area contributed by atoms with Crippen molar-refractivity contribution in [3.63, 3.8) is 0 Å². The highest BCUT2D eigenvalue weighted by atomic mass is 35.5. The highest BCUT2D eigenvalue weighted by Crippen LogP contribution is 2.22. The van der Waals surface area contributed by atoms with E-state index in [9.17, 15) is 4.79 Å². The number of aryl methyl sites for hydroxylation is 1. The molecule has 0 heterocycles. The molecular weight excluding hydrogens is 336 g/mol. The maximum atomic E-state index is 12.1. The van der Waals surface area contributed by atoms with Crippen molar-refractivity contribution in [2.45, 2.75) is 26.9 Å². The number of halogens is 1. The molecule has 1 amide bonds. The predicted octanol–water partition coefficient (Wildman–Crippen LogP) is 4.62.